The molecule has 0 saturated heterocycles. The molecule has 0 aliphatic carbocycles. The lowest BCUT2D eigenvalue weighted by atomic mass is 10.0. The number of nitrogens with one attached hydrogen (secondary N) is 1. The molecule has 3 rings (SSSR count). The summed E-state index contributed by atoms with van der Waals surface area (Å²) in [5, 5.41) is 3.11. The van der Waals surface area contributed by atoms with Crippen LogP contribution in [0.5, 0.6) is 0 Å². The lowest BCUT2D eigenvalue weighted by Gasteiger charge is -2.09. The van der Waals surface area contributed by atoms with Gasteiger partial charge >= 0.3 is 0 Å². The van der Waals surface area contributed by atoms with Crippen LogP contribution in [0.4, 0.5) is 5.69 Å². The molecule has 1 heterocycles. The van der Waals surface area contributed by atoms with Gasteiger partial charge in [-0.05, 0) is 30.5 Å². The van der Waals surface area contributed by atoms with E-state index in [1.165, 1.54) is 11.1 Å². The Bertz CT molecular complexity index is 894. The van der Waals surface area contributed by atoms with Crippen LogP contribution in [0, 0.1) is 6.92 Å². The SMILES string of the molecule is Cc1ccc(-c2cnc(CN=C(N)Nc3cccc(C(C)C)c3)o2)cc1. The molecule has 0 atom stereocenters. The van der Waals surface area contributed by atoms with Crippen molar-refractivity contribution in [2.24, 2.45) is 10.7 Å². The van der Waals surface area contributed by atoms with Crippen molar-refractivity contribution in [2.75, 3.05) is 5.32 Å². The number of oxazole rings is 1. The number of nitrogens with zero attached hydrogens (tertiary/aromatic N) is 2. The maximum Gasteiger partial charge on any atom is 0.216 e. The highest BCUT2D eigenvalue weighted by Gasteiger charge is 2.06. The first kappa shape index (κ1) is 17.7. The zero-order valence-corrected chi connectivity index (χ0v) is 15.4. The van der Waals surface area contributed by atoms with Crippen molar-refractivity contribution < 1.29 is 4.42 Å². The number of anilines is 1. The van der Waals surface area contributed by atoms with Gasteiger partial charge < -0.3 is 15.5 Å². The van der Waals surface area contributed by atoms with Crippen molar-refractivity contribution in [3.63, 3.8) is 0 Å². The molecule has 0 bridgehead atoms. The number of benzene rings is 2. The third-order valence-electron chi connectivity index (χ3n) is 4.10. The minimum absolute atomic E-state index is 0.286. The molecule has 26 heavy (non-hydrogen) atoms. The van der Waals surface area contributed by atoms with E-state index in [0.717, 1.165) is 17.0 Å². The van der Waals surface area contributed by atoms with Gasteiger partial charge in [-0.2, -0.15) is 0 Å². The summed E-state index contributed by atoms with van der Waals surface area (Å²) < 4.78 is 5.76. The van der Waals surface area contributed by atoms with Crippen molar-refractivity contribution in [1.82, 2.24) is 4.98 Å². The molecule has 134 valence electrons. The van der Waals surface area contributed by atoms with Crippen LogP contribution >= 0.6 is 0 Å². The van der Waals surface area contributed by atoms with Gasteiger partial charge in [0, 0.05) is 11.3 Å². The number of nitrogens with two attached hydrogens (primary N) is 1. The first-order chi connectivity index (χ1) is 12.5. The number of aliphatic imine (C=N–C) groups is 1. The van der Waals surface area contributed by atoms with E-state index in [1.54, 1.807) is 6.20 Å². The second-order valence-electron chi connectivity index (χ2n) is 6.59. The third kappa shape index (κ3) is 4.51. The minimum Gasteiger partial charge on any atom is -0.439 e. The van der Waals surface area contributed by atoms with E-state index < -0.39 is 0 Å². The summed E-state index contributed by atoms with van der Waals surface area (Å²) in [5.74, 6) is 2.05. The highest BCUT2D eigenvalue weighted by Crippen LogP contribution is 2.21. The van der Waals surface area contributed by atoms with Crippen LogP contribution in [0.2, 0.25) is 0 Å². The molecule has 2 aromatic carbocycles. The molecule has 0 spiro atoms. The molecule has 0 saturated carbocycles. The van der Waals surface area contributed by atoms with Gasteiger partial charge in [-0.1, -0.05) is 55.8 Å². The fourth-order valence-corrected chi connectivity index (χ4v) is 2.55. The molecule has 3 N–H and O–H groups in total. The fourth-order valence-electron chi connectivity index (χ4n) is 2.55. The Morgan fingerprint density at radius 1 is 1.19 bits per heavy atom. The molecule has 3 aromatic rings. The predicted molar refractivity (Wildman–Crippen MR) is 106 cm³/mol. The lowest BCUT2D eigenvalue weighted by molar-refractivity contribution is 0.510. The molecule has 0 aliphatic rings. The van der Waals surface area contributed by atoms with Gasteiger partial charge in [-0.15, -0.1) is 0 Å². The van der Waals surface area contributed by atoms with E-state index in [4.69, 9.17) is 10.2 Å². The first-order valence-corrected chi connectivity index (χ1v) is 8.70. The zero-order valence-electron chi connectivity index (χ0n) is 15.4. The Morgan fingerprint density at radius 3 is 2.69 bits per heavy atom. The number of aryl methyl sites for hydroxylation is 1. The summed E-state index contributed by atoms with van der Waals surface area (Å²) in [6, 6.07) is 16.3. The summed E-state index contributed by atoms with van der Waals surface area (Å²) >= 11 is 0. The molecule has 0 unspecified atom stereocenters. The van der Waals surface area contributed by atoms with Gasteiger partial charge in [0.2, 0.25) is 5.89 Å². The van der Waals surface area contributed by atoms with E-state index >= 15 is 0 Å². The number of aromatic nitrogens is 1. The molecular weight excluding hydrogens is 324 g/mol. The quantitative estimate of drug-likeness (QED) is 0.517. The normalized spacial score (nSPS) is 11.8. The van der Waals surface area contributed by atoms with E-state index in [2.05, 4.69) is 48.2 Å². The van der Waals surface area contributed by atoms with Crippen LogP contribution < -0.4 is 11.1 Å². The van der Waals surface area contributed by atoms with Gasteiger partial charge in [0.25, 0.3) is 0 Å². The van der Waals surface area contributed by atoms with E-state index in [-0.39, 0.29) is 6.54 Å². The summed E-state index contributed by atoms with van der Waals surface area (Å²) in [6.07, 6.45) is 1.71. The maximum atomic E-state index is 5.98. The van der Waals surface area contributed by atoms with Gasteiger partial charge in [0.1, 0.15) is 6.54 Å². The molecule has 0 fully saturated rings. The molecule has 0 aliphatic heterocycles. The standard InChI is InChI=1S/C21H24N4O/c1-14(2)17-5-4-6-18(11-17)25-21(22)24-13-20-23-12-19(26-20)16-9-7-15(3)8-10-16/h4-12,14H,13H2,1-3H3,(H3,22,24,25). The number of rotatable bonds is 5. The molecule has 0 radical (unpaired) electrons. The highest BCUT2D eigenvalue weighted by atomic mass is 16.4. The second kappa shape index (κ2) is 7.87. The van der Waals surface area contributed by atoms with Gasteiger partial charge in [-0.25, -0.2) is 9.98 Å². The largest absolute Gasteiger partial charge is 0.439 e. The third-order valence-corrected chi connectivity index (χ3v) is 4.10. The Balaban J connectivity index is 1.64. The van der Waals surface area contributed by atoms with Crippen molar-refractivity contribution in [3.8, 4) is 11.3 Å². The second-order valence-corrected chi connectivity index (χ2v) is 6.59. The van der Waals surface area contributed by atoms with Crippen molar-refractivity contribution in [1.29, 1.82) is 0 Å². The number of hydrogen-bond acceptors (Lipinski definition) is 3. The fraction of sp³-hybridized carbons (Fsp3) is 0.238. The van der Waals surface area contributed by atoms with Crippen LogP contribution in [-0.2, 0) is 6.54 Å². The molecule has 5 heteroatoms. The van der Waals surface area contributed by atoms with Crippen LogP contribution in [0.1, 0.15) is 36.8 Å². The van der Waals surface area contributed by atoms with Crippen LogP contribution in [0.3, 0.4) is 0 Å². The van der Waals surface area contributed by atoms with Crippen LogP contribution in [-0.4, -0.2) is 10.9 Å². The monoisotopic (exact) mass is 348 g/mol. The van der Waals surface area contributed by atoms with Crippen LogP contribution in [0.15, 0.2) is 64.1 Å². The smallest absolute Gasteiger partial charge is 0.216 e. The molecule has 0 amide bonds. The highest BCUT2D eigenvalue weighted by molar-refractivity contribution is 5.92. The number of guanidine groups is 1. The van der Waals surface area contributed by atoms with Gasteiger partial charge in [0.05, 0.1) is 6.20 Å². The predicted octanol–water partition coefficient (Wildman–Crippen LogP) is 4.70. The first-order valence-electron chi connectivity index (χ1n) is 8.70. The number of hydrogen-bond donors (Lipinski definition) is 2. The lowest BCUT2D eigenvalue weighted by Crippen LogP contribution is -2.22. The topological polar surface area (TPSA) is 76.4 Å². The average Bonchev–Trinajstić information content (AvgIpc) is 3.10. The Labute approximate surface area is 154 Å². The summed E-state index contributed by atoms with van der Waals surface area (Å²) in [5.41, 5.74) is 10.4. The maximum absolute atomic E-state index is 5.98. The molecule has 1 aromatic heterocycles. The van der Waals surface area contributed by atoms with E-state index in [0.29, 0.717) is 17.8 Å². The van der Waals surface area contributed by atoms with Crippen molar-refractivity contribution >= 4 is 11.6 Å². The van der Waals surface area contributed by atoms with Gasteiger partial charge in [0.15, 0.2) is 11.7 Å². The summed E-state index contributed by atoms with van der Waals surface area (Å²) in [4.78, 5) is 8.59. The van der Waals surface area contributed by atoms with Crippen LogP contribution in [0.25, 0.3) is 11.3 Å². The summed E-state index contributed by atoms with van der Waals surface area (Å²) in [6.45, 7) is 6.65. The summed E-state index contributed by atoms with van der Waals surface area (Å²) in [7, 11) is 0. The van der Waals surface area contributed by atoms with E-state index in [1.807, 2.05) is 36.4 Å². The Morgan fingerprint density at radius 2 is 1.96 bits per heavy atom. The van der Waals surface area contributed by atoms with E-state index in [9.17, 15) is 0 Å². The van der Waals surface area contributed by atoms with Crippen molar-refractivity contribution in [3.05, 3.63) is 71.7 Å². The Hall–Kier alpha value is -3.08. The molecule has 5 nitrogen and oxygen atoms in total. The molecular formula is C21H24N4O. The minimum atomic E-state index is 0.286. The van der Waals surface area contributed by atoms with Crippen molar-refractivity contribution in [2.45, 2.75) is 33.2 Å². The zero-order chi connectivity index (χ0) is 18.5. The Kier molecular flexibility index (Phi) is 5.37. The average molecular weight is 348 g/mol. The van der Waals surface area contributed by atoms with Gasteiger partial charge in [-0.3, -0.25) is 0 Å².